The number of hydrogen-bond donors (Lipinski definition) is 5. The highest BCUT2D eigenvalue weighted by Gasteiger charge is 2.38. The van der Waals surface area contributed by atoms with Gasteiger partial charge in [0.05, 0.1) is 17.6 Å². The van der Waals surface area contributed by atoms with Crippen LogP contribution in [0, 0.1) is 5.82 Å². The fourth-order valence-corrected chi connectivity index (χ4v) is 8.02. The lowest BCUT2D eigenvalue weighted by Crippen LogP contribution is -2.44. The van der Waals surface area contributed by atoms with E-state index in [4.69, 9.17) is 0 Å². The van der Waals surface area contributed by atoms with Crippen LogP contribution < -0.4 is 30.7 Å². The molecule has 16 nitrogen and oxygen atoms in total. The lowest BCUT2D eigenvalue weighted by atomic mass is 10.0. The molecule has 3 aromatic carbocycles. The maximum Gasteiger partial charge on any atom is 0.329 e. The molecule has 4 aromatic rings. The highest BCUT2D eigenvalue weighted by Crippen LogP contribution is 2.39. The second-order valence-electron chi connectivity index (χ2n) is 12.7. The summed E-state index contributed by atoms with van der Waals surface area (Å²) in [5.41, 5.74) is 1.44. The zero-order valence-corrected chi connectivity index (χ0v) is 27.5. The number of carbonyl (C=O) groups excluding carboxylic acids is 4. The number of phenolic OH excluding ortho intramolecular Hbond substituents is 1. The summed E-state index contributed by atoms with van der Waals surface area (Å²) < 4.78 is 44.9. The summed E-state index contributed by atoms with van der Waals surface area (Å²) in [5, 5.41) is 19.3. The number of piperidine rings is 2. The van der Waals surface area contributed by atoms with Crippen molar-refractivity contribution in [1.82, 2.24) is 24.1 Å². The molecule has 1 unspecified atom stereocenters. The maximum absolute atomic E-state index is 15.4. The minimum Gasteiger partial charge on any atom is -0.506 e. The number of amides is 4. The van der Waals surface area contributed by atoms with Gasteiger partial charge in [0.1, 0.15) is 24.0 Å². The van der Waals surface area contributed by atoms with Gasteiger partial charge in [-0.3, -0.25) is 38.5 Å². The number of fused-ring (bicyclic) bond motifs is 2. The fraction of sp³-hybridized carbons (Fsp3) is 0.344. The van der Waals surface area contributed by atoms with Gasteiger partial charge in [-0.15, -0.1) is 0 Å². The van der Waals surface area contributed by atoms with Crippen molar-refractivity contribution in [2.45, 2.75) is 37.8 Å². The molecule has 4 heterocycles. The van der Waals surface area contributed by atoms with Crippen molar-refractivity contribution < 1.29 is 37.1 Å². The minimum atomic E-state index is -4.34. The third-order valence-corrected chi connectivity index (χ3v) is 10.7. The number of imidazole rings is 1. The van der Waals surface area contributed by atoms with Gasteiger partial charge in [-0.05, 0) is 67.1 Å². The Bertz CT molecular complexity index is 2280. The third kappa shape index (κ3) is 6.00. The van der Waals surface area contributed by atoms with Gasteiger partial charge in [0.15, 0.2) is 5.82 Å². The standard InChI is InChI=1S/C32H33FN8O8S/c1-38-24-14-20(3-5-22(24)41(32(38)47)23-6-7-26(43)36-31(23)46)34-18-8-10-39(11-9-18)15-27(44)35-19-2-4-21-17(12-19)13-25(42)30(29(21)33)40-16-28(45)37-50(40,48)49/h2-5,12-14,18,23,34,42H,6-11,15-16H2,1H3,(H,35,44)(H,37,45)(H,36,43,46). The smallest absolute Gasteiger partial charge is 0.329 e. The average molecular weight is 709 g/mol. The Morgan fingerprint density at radius 2 is 1.72 bits per heavy atom. The van der Waals surface area contributed by atoms with Crippen molar-refractivity contribution in [2.24, 2.45) is 7.05 Å². The summed E-state index contributed by atoms with van der Waals surface area (Å²) in [6.07, 6.45) is 1.90. The second-order valence-corrected chi connectivity index (χ2v) is 14.3. The van der Waals surface area contributed by atoms with Crippen molar-refractivity contribution in [3.63, 3.8) is 0 Å². The van der Waals surface area contributed by atoms with Gasteiger partial charge in [0.25, 0.3) is 5.91 Å². The molecule has 5 N–H and O–H groups in total. The predicted molar refractivity (Wildman–Crippen MR) is 180 cm³/mol. The molecule has 0 saturated carbocycles. The van der Waals surface area contributed by atoms with Gasteiger partial charge in [0, 0.05) is 49.4 Å². The van der Waals surface area contributed by atoms with Gasteiger partial charge in [-0.2, -0.15) is 8.42 Å². The molecule has 3 aliphatic heterocycles. The van der Waals surface area contributed by atoms with Gasteiger partial charge < -0.3 is 15.7 Å². The van der Waals surface area contributed by atoms with Crippen LogP contribution in [0.25, 0.3) is 21.8 Å². The van der Waals surface area contributed by atoms with Crippen molar-refractivity contribution in [2.75, 3.05) is 41.1 Å². The number of likely N-dealkylation sites (tertiary alicyclic amines) is 1. The molecule has 7 rings (SSSR count). The molecular formula is C32H33FN8O8S. The van der Waals surface area contributed by atoms with E-state index in [9.17, 15) is 37.5 Å². The SMILES string of the molecule is Cn1c(=O)n(C2CCC(=O)NC2=O)c2ccc(NC3CCN(CC(=O)Nc4ccc5c(F)c(N6CC(=O)NS6(=O)=O)c(O)cc5c4)CC3)cc21. The van der Waals surface area contributed by atoms with Crippen LogP contribution in [0.4, 0.5) is 21.5 Å². The second kappa shape index (κ2) is 12.4. The van der Waals surface area contributed by atoms with E-state index in [0.29, 0.717) is 34.1 Å². The van der Waals surface area contributed by atoms with Crippen molar-refractivity contribution >= 4 is 72.7 Å². The quantitative estimate of drug-likeness (QED) is 0.173. The number of hydrogen-bond acceptors (Lipinski definition) is 10. The number of anilines is 3. The molecule has 1 atom stereocenters. The van der Waals surface area contributed by atoms with Gasteiger partial charge in [-0.1, -0.05) is 0 Å². The summed E-state index contributed by atoms with van der Waals surface area (Å²) in [4.78, 5) is 63.7. The zero-order valence-electron chi connectivity index (χ0n) is 26.7. The Morgan fingerprint density at radius 3 is 2.42 bits per heavy atom. The number of nitrogens with zero attached hydrogens (tertiary/aromatic N) is 4. The number of phenols is 1. The number of halogens is 1. The van der Waals surface area contributed by atoms with E-state index in [-0.39, 0.29) is 53.7 Å². The molecule has 3 saturated heterocycles. The molecular weight excluding hydrogens is 675 g/mol. The first-order valence-corrected chi connectivity index (χ1v) is 17.3. The fourth-order valence-electron chi connectivity index (χ4n) is 6.86. The van der Waals surface area contributed by atoms with E-state index in [2.05, 4.69) is 16.0 Å². The first-order chi connectivity index (χ1) is 23.8. The number of aromatic nitrogens is 2. The molecule has 262 valence electrons. The highest BCUT2D eigenvalue weighted by molar-refractivity contribution is 7.92. The Hall–Kier alpha value is -5.49. The number of carbonyl (C=O) groups is 4. The van der Waals surface area contributed by atoms with Crippen LogP contribution in [0.3, 0.4) is 0 Å². The molecule has 0 radical (unpaired) electrons. The van der Waals surface area contributed by atoms with Gasteiger partial charge in [0.2, 0.25) is 17.7 Å². The highest BCUT2D eigenvalue weighted by atomic mass is 32.2. The lowest BCUT2D eigenvalue weighted by molar-refractivity contribution is -0.135. The first kappa shape index (κ1) is 33.0. The number of benzene rings is 3. The third-order valence-electron chi connectivity index (χ3n) is 9.32. The molecule has 1 aromatic heterocycles. The summed E-state index contributed by atoms with van der Waals surface area (Å²) >= 11 is 0. The Morgan fingerprint density at radius 1 is 0.980 bits per heavy atom. The van der Waals surface area contributed by atoms with E-state index in [1.807, 2.05) is 17.0 Å². The summed E-state index contributed by atoms with van der Waals surface area (Å²) in [5.74, 6) is -3.68. The van der Waals surface area contributed by atoms with E-state index >= 15 is 4.39 Å². The van der Waals surface area contributed by atoms with Crippen LogP contribution in [0.2, 0.25) is 0 Å². The first-order valence-electron chi connectivity index (χ1n) is 15.9. The Balaban J connectivity index is 0.959. The molecule has 0 bridgehead atoms. The van der Waals surface area contributed by atoms with Crippen molar-refractivity contribution in [1.29, 1.82) is 0 Å². The van der Waals surface area contributed by atoms with Crippen LogP contribution in [0.15, 0.2) is 47.3 Å². The molecule has 0 aliphatic carbocycles. The van der Waals surface area contributed by atoms with Gasteiger partial charge in [-0.25, -0.2) is 18.2 Å². The predicted octanol–water partition coefficient (Wildman–Crippen LogP) is 1.01. The van der Waals surface area contributed by atoms with Gasteiger partial charge >= 0.3 is 15.9 Å². The molecule has 0 spiro atoms. The maximum atomic E-state index is 15.4. The lowest BCUT2D eigenvalue weighted by Gasteiger charge is -2.32. The summed E-state index contributed by atoms with van der Waals surface area (Å²) in [6, 6.07) is 10.3. The van der Waals surface area contributed by atoms with Crippen LogP contribution >= 0.6 is 0 Å². The molecule has 50 heavy (non-hydrogen) atoms. The normalized spacial score (nSPS) is 19.9. The molecule has 3 aliphatic rings. The van der Waals surface area contributed by atoms with Crippen LogP contribution in [0.1, 0.15) is 31.7 Å². The Labute approximate surface area is 284 Å². The van der Waals surface area contributed by atoms with E-state index in [1.165, 1.54) is 33.4 Å². The number of aromatic hydroxyl groups is 1. The molecule has 18 heteroatoms. The van der Waals surface area contributed by atoms with E-state index < -0.39 is 51.9 Å². The summed E-state index contributed by atoms with van der Waals surface area (Å²) in [7, 11) is -2.70. The van der Waals surface area contributed by atoms with Crippen LogP contribution in [0.5, 0.6) is 5.75 Å². The Kier molecular flexibility index (Phi) is 8.22. The molecule has 4 amide bonds. The minimum absolute atomic E-state index is 0.00632. The number of imide groups is 1. The number of nitrogens with one attached hydrogen (secondary N) is 4. The van der Waals surface area contributed by atoms with E-state index in [0.717, 1.165) is 18.5 Å². The van der Waals surface area contributed by atoms with E-state index in [1.54, 1.807) is 17.8 Å². The van der Waals surface area contributed by atoms with Crippen molar-refractivity contribution in [3.05, 3.63) is 58.8 Å². The monoisotopic (exact) mass is 708 g/mol. The summed E-state index contributed by atoms with van der Waals surface area (Å²) in [6.45, 7) is 0.710. The van der Waals surface area contributed by atoms with Crippen LogP contribution in [-0.2, 0) is 36.4 Å². The van der Waals surface area contributed by atoms with Crippen molar-refractivity contribution in [3.8, 4) is 5.75 Å². The topological polar surface area (TPSA) is 204 Å². The van der Waals surface area contributed by atoms with Crippen LogP contribution in [-0.4, -0.2) is 83.4 Å². The largest absolute Gasteiger partial charge is 0.506 e. The zero-order chi connectivity index (χ0) is 35.5. The number of aryl methyl sites for hydroxylation is 1. The average Bonchev–Trinajstić information content (AvgIpc) is 3.46. The number of rotatable bonds is 7. The molecule has 3 fully saturated rings.